The molecule has 0 aliphatic heterocycles. The number of rotatable bonds is 11. The summed E-state index contributed by atoms with van der Waals surface area (Å²) in [6, 6.07) is 159. The number of aromatic nitrogens is 5. The summed E-state index contributed by atoms with van der Waals surface area (Å²) >= 11 is 0. The van der Waals surface area contributed by atoms with Crippen molar-refractivity contribution in [3.63, 3.8) is 0 Å². The number of hydrogen-bond acceptors (Lipinski definition) is 0. The van der Waals surface area contributed by atoms with Crippen LogP contribution in [0.2, 0.25) is 0 Å². The van der Waals surface area contributed by atoms with Crippen LogP contribution >= 0.6 is 0 Å². The Hall–Kier alpha value is -16.6. The predicted molar refractivity (Wildman–Crippen MR) is 605 cm³/mol. The summed E-state index contributed by atoms with van der Waals surface area (Å²) in [6.07, 6.45) is 0. The second kappa shape index (κ2) is 36.7. The van der Waals surface area contributed by atoms with Gasteiger partial charge in [-0.25, -0.2) is 0 Å². The minimum atomic E-state index is -0.419. The first-order valence-electron chi connectivity index (χ1n) is 51.7. The normalized spacial score (nSPS) is 12.5. The van der Waals surface area contributed by atoms with E-state index in [1.165, 1.54) is 171 Å². The van der Waals surface area contributed by atoms with Gasteiger partial charge in [0.15, 0.2) is 0 Å². The van der Waals surface area contributed by atoms with Gasteiger partial charge >= 0.3 is 0 Å². The molecule has 0 atom stereocenters. The Morgan fingerprint density at radius 2 is 0.404 bits per heavy atom. The maximum atomic E-state index is 8.78. The Bertz CT molecular complexity index is 9180. The molecule has 20 aromatic carbocycles. The van der Waals surface area contributed by atoms with Crippen LogP contribution < -0.4 is 0 Å². The molecule has 684 valence electrons. The molecule has 0 fully saturated rings. The Kier molecular flexibility index (Phi) is 21.8. The first-order valence-corrected chi connectivity index (χ1v) is 49.2. The van der Waals surface area contributed by atoms with Crippen LogP contribution in [0, 0.1) is 0 Å². The average Bonchev–Trinajstić information content (AvgIpc) is 1.52. The summed E-state index contributed by atoms with van der Waals surface area (Å²) < 4.78 is 54.5. The van der Waals surface area contributed by atoms with Crippen molar-refractivity contribution in [1.29, 1.82) is 0 Å². The maximum absolute atomic E-state index is 8.78. The fourth-order valence-electron chi connectivity index (χ4n) is 22.2. The van der Waals surface area contributed by atoms with E-state index in [1.807, 2.05) is 48.5 Å². The van der Waals surface area contributed by atoms with Crippen molar-refractivity contribution in [3.05, 3.63) is 501 Å². The van der Waals surface area contributed by atoms with Gasteiger partial charge in [0.1, 0.15) is 0 Å². The van der Waals surface area contributed by atoms with Crippen molar-refractivity contribution in [1.82, 2.24) is 22.8 Å². The predicted octanol–water partition coefficient (Wildman–Crippen LogP) is 37.4. The highest BCUT2D eigenvalue weighted by atomic mass is 15.0. The third-order valence-electron chi connectivity index (χ3n) is 27.8. The van der Waals surface area contributed by atoms with E-state index in [0.29, 0.717) is 5.56 Å². The molecule has 0 radical (unpaired) electrons. The van der Waals surface area contributed by atoms with Crippen LogP contribution in [-0.2, 0) is 21.7 Å². The Labute approximate surface area is 834 Å². The van der Waals surface area contributed by atoms with Gasteiger partial charge in [-0.15, -0.1) is 0 Å². The molecule has 0 saturated heterocycles. The van der Waals surface area contributed by atoms with Crippen LogP contribution in [0.1, 0.15) is 112 Å². The quantitative estimate of drug-likeness (QED) is 0.123. The molecule has 5 heterocycles. The van der Waals surface area contributed by atoms with Crippen LogP contribution in [-0.4, -0.2) is 22.8 Å². The molecule has 141 heavy (non-hydrogen) atoms. The Balaban J connectivity index is 0.000000112. The van der Waals surface area contributed by atoms with E-state index in [1.54, 1.807) is 0 Å². The van der Waals surface area contributed by atoms with Crippen LogP contribution in [0.15, 0.2) is 479 Å². The van der Waals surface area contributed by atoms with Crippen molar-refractivity contribution in [2.75, 3.05) is 0 Å². The smallest absolute Gasteiger partial charge is 0.0629 e. The van der Waals surface area contributed by atoms with E-state index in [4.69, 9.17) is 6.85 Å². The van der Waals surface area contributed by atoms with Gasteiger partial charge in [-0.2, -0.15) is 0 Å². The standard InChI is InChI=1S/C40H32N2.2C34H29N.C28H25N/c1-40(2,3)39-36(42-32-22-12-10-19-30(32)31-20-11-13-23-33(31)42)26-25-35-38(39)37-29(27-15-6-4-7-16-27)21-14-24-34(37)41(35)28-17-8-5-9-18-28;2*1-34(2,3)33-28(25-16-9-5-10-17-25)22-23-30-32(33)31-27(24-14-7-4-8-15-24)20-13-21-29(31)35(30)26-18-11-6-12-19-26;1-28(2,3)23-17-11-19-25-27(23)26-22(20-12-6-4-7-13-20)16-10-18-24(26)29(25)21-14-8-5-9-15-21/h4-26H,1-3H3;2*4-23H,1-3H3;4-19H,1-3H3/i;5D,9D,10D,16D,17D;;. The van der Waals surface area contributed by atoms with Gasteiger partial charge < -0.3 is 22.8 Å². The van der Waals surface area contributed by atoms with Crippen molar-refractivity contribution >= 4 is 109 Å². The van der Waals surface area contributed by atoms with Crippen LogP contribution in [0.25, 0.3) is 204 Å². The molecular formula is C136H115N5. The van der Waals surface area contributed by atoms with Crippen molar-refractivity contribution in [3.8, 4) is 95.2 Å². The molecule has 5 heteroatoms. The third-order valence-corrected chi connectivity index (χ3v) is 27.8. The lowest BCUT2D eigenvalue weighted by Crippen LogP contribution is -2.16. The van der Waals surface area contributed by atoms with Gasteiger partial charge in [0, 0.05) is 76.6 Å². The second-order valence-corrected chi connectivity index (χ2v) is 41.0. The molecular weight excluding hydrogens is 1700 g/mol. The van der Waals surface area contributed by atoms with Crippen molar-refractivity contribution < 1.29 is 6.85 Å². The number of fused-ring (bicyclic) bond motifs is 15. The Morgan fingerprint density at radius 3 is 0.716 bits per heavy atom. The Morgan fingerprint density at radius 1 is 0.163 bits per heavy atom. The highest BCUT2D eigenvalue weighted by molar-refractivity contribution is 6.23. The highest BCUT2D eigenvalue weighted by Crippen LogP contribution is 2.53. The first-order chi connectivity index (χ1) is 70.7. The molecule has 0 spiro atoms. The SMILES string of the molecule is CC(C)(C)c1c(-c2ccccc2)ccc2c1c1c(-c3ccccc3)cccc1n2-c1ccccc1.CC(C)(C)c1c(-n2c3ccccc3c3ccccc32)ccc2c1c1c(-c3ccccc3)cccc1n2-c1ccccc1.CC(C)(C)c1cccc2c1c1c(-c3ccccc3)cccc1n2-c1ccccc1.[2H]c1c([2H])c([2H])c(-c2ccc3c(c2C(C)(C)C)c2c(-c4ccccc4)cccc2n3-c2ccccc2)c([2H])c1[2H]. The van der Waals surface area contributed by atoms with Crippen molar-refractivity contribution in [2.45, 2.75) is 105 Å². The van der Waals surface area contributed by atoms with Gasteiger partial charge in [0.25, 0.3) is 0 Å². The highest BCUT2D eigenvalue weighted by Gasteiger charge is 2.34. The fourth-order valence-corrected chi connectivity index (χ4v) is 22.2. The first kappa shape index (κ1) is 83.7. The van der Waals surface area contributed by atoms with E-state index < -0.39 is 5.41 Å². The number of para-hydroxylation sites is 6. The minimum Gasteiger partial charge on any atom is -0.309 e. The second-order valence-electron chi connectivity index (χ2n) is 41.0. The van der Waals surface area contributed by atoms with Crippen molar-refractivity contribution in [2.24, 2.45) is 0 Å². The van der Waals surface area contributed by atoms with E-state index in [9.17, 15) is 0 Å². The molecule has 5 aromatic heterocycles. The number of hydrogen-bond donors (Lipinski definition) is 0. The molecule has 0 N–H and O–H groups in total. The van der Waals surface area contributed by atoms with Gasteiger partial charge in [0.2, 0.25) is 0 Å². The summed E-state index contributed by atoms with van der Waals surface area (Å²) in [7, 11) is 0. The van der Waals surface area contributed by atoms with Gasteiger partial charge in [-0.3, -0.25) is 0 Å². The number of benzene rings is 20. The molecule has 25 aromatic rings. The van der Waals surface area contributed by atoms with Gasteiger partial charge in [0.05, 0.1) is 67.7 Å². The molecule has 0 bridgehead atoms. The van der Waals surface area contributed by atoms with E-state index >= 15 is 0 Å². The zero-order chi connectivity index (χ0) is 101. The zero-order valence-electron chi connectivity index (χ0n) is 87.0. The summed E-state index contributed by atoms with van der Waals surface area (Å²) in [5.41, 5.74) is 35.5. The van der Waals surface area contributed by atoms with Gasteiger partial charge in [-0.05, 0) is 226 Å². The summed E-state index contributed by atoms with van der Waals surface area (Å²) in [6.45, 7) is 27.4. The molecule has 0 aliphatic rings. The monoisotopic (exact) mass is 1820 g/mol. The molecule has 0 saturated carbocycles. The molecule has 5 nitrogen and oxygen atoms in total. The topological polar surface area (TPSA) is 24.6 Å². The van der Waals surface area contributed by atoms with E-state index in [0.717, 1.165) is 44.2 Å². The molecule has 0 aliphatic carbocycles. The zero-order valence-corrected chi connectivity index (χ0v) is 82.0. The summed E-state index contributed by atoms with van der Waals surface area (Å²) in [4.78, 5) is 0. The number of nitrogens with zero attached hydrogens (tertiary/aromatic N) is 5. The van der Waals surface area contributed by atoms with Crippen LogP contribution in [0.3, 0.4) is 0 Å². The maximum Gasteiger partial charge on any atom is 0.0629 e. The van der Waals surface area contributed by atoms with E-state index in [-0.39, 0.29) is 52.0 Å². The summed E-state index contributed by atoms with van der Waals surface area (Å²) in [5, 5.41) is 12.6. The lowest BCUT2D eigenvalue weighted by atomic mass is 9.78. The largest absolute Gasteiger partial charge is 0.309 e. The lowest BCUT2D eigenvalue weighted by Gasteiger charge is -2.26. The third kappa shape index (κ3) is 16.3. The summed E-state index contributed by atoms with van der Waals surface area (Å²) in [5.74, 6) is 0. The fraction of sp³-hybridized carbons (Fsp3) is 0.118. The lowest BCUT2D eigenvalue weighted by molar-refractivity contribution is 0.593. The van der Waals surface area contributed by atoms with Crippen LogP contribution in [0.5, 0.6) is 0 Å². The molecule has 0 unspecified atom stereocenters. The van der Waals surface area contributed by atoms with Gasteiger partial charge in [-0.1, -0.05) is 447 Å². The average molecular weight is 1820 g/mol. The van der Waals surface area contributed by atoms with E-state index in [2.05, 4.69) is 506 Å². The minimum absolute atomic E-state index is 0.0513. The molecule has 25 rings (SSSR count). The molecule has 0 amide bonds. The van der Waals surface area contributed by atoms with Crippen LogP contribution in [0.4, 0.5) is 0 Å².